The summed E-state index contributed by atoms with van der Waals surface area (Å²) in [4.78, 5) is 3.73. The van der Waals surface area contributed by atoms with Crippen molar-refractivity contribution in [2.45, 2.75) is 28.4 Å². The Morgan fingerprint density at radius 3 is 2.10 bits per heavy atom. The van der Waals surface area contributed by atoms with Gasteiger partial charge in [-0.15, -0.1) is 11.8 Å². The number of para-hydroxylation sites is 2. The van der Waals surface area contributed by atoms with Crippen molar-refractivity contribution in [1.82, 2.24) is 0 Å². The Kier molecular flexibility index (Phi) is 9.09. The molecule has 2 aliphatic carbocycles. The Morgan fingerprint density at radius 2 is 1.22 bits per heavy atom. The molecule has 3 heterocycles. The van der Waals surface area contributed by atoms with Crippen molar-refractivity contribution in [2.75, 3.05) is 4.90 Å². The van der Waals surface area contributed by atoms with Gasteiger partial charge in [0.25, 0.3) is 0 Å². The number of anilines is 3. The van der Waals surface area contributed by atoms with E-state index in [9.17, 15) is 0 Å². The van der Waals surface area contributed by atoms with E-state index in [4.69, 9.17) is 9.15 Å². The third-order valence-corrected chi connectivity index (χ3v) is 15.7. The van der Waals surface area contributed by atoms with Crippen LogP contribution in [0, 0.1) is 0 Å². The number of hydrogen-bond acceptors (Lipinski definition) is 4. The number of thioether (sulfide) groups is 1. The molecule has 3 unspecified atom stereocenters. The van der Waals surface area contributed by atoms with Gasteiger partial charge in [0.1, 0.15) is 22.7 Å². The molecular weight excluding hydrogens is 847 g/mol. The maximum atomic E-state index is 6.28. The molecule has 10 aromatic rings. The zero-order valence-corrected chi connectivity index (χ0v) is 37.9. The summed E-state index contributed by atoms with van der Waals surface area (Å²) in [5.41, 5.74) is 17.8. The molecule has 4 heteroatoms. The van der Waals surface area contributed by atoms with Crippen molar-refractivity contribution < 1.29 is 9.15 Å². The zero-order chi connectivity index (χ0) is 44.7. The topological polar surface area (TPSA) is 25.6 Å². The molecule has 322 valence electrons. The second kappa shape index (κ2) is 15.8. The number of fused-ring (bicyclic) bond motifs is 10. The number of benzene rings is 9. The van der Waals surface area contributed by atoms with Crippen LogP contribution in [0.25, 0.3) is 66.1 Å². The van der Waals surface area contributed by atoms with E-state index in [0.717, 1.165) is 62.5 Å². The molecule has 0 bridgehead atoms. The lowest BCUT2D eigenvalue weighted by molar-refractivity contribution is 0.426. The molecule has 68 heavy (non-hydrogen) atoms. The lowest BCUT2D eigenvalue weighted by Gasteiger charge is -2.26. The number of furan rings is 1. The predicted molar refractivity (Wildman–Crippen MR) is 283 cm³/mol. The van der Waals surface area contributed by atoms with Crippen LogP contribution in [-0.2, 0) is 0 Å². The minimum Gasteiger partial charge on any atom is -0.461 e. The Labute approximate surface area is 399 Å². The molecule has 9 aromatic carbocycles. The molecule has 0 amide bonds. The lowest BCUT2D eigenvalue weighted by Crippen LogP contribution is -2.11. The van der Waals surface area contributed by atoms with E-state index in [-0.39, 0.29) is 5.92 Å². The van der Waals surface area contributed by atoms with Gasteiger partial charge in [-0.3, -0.25) is 0 Å². The van der Waals surface area contributed by atoms with E-state index in [1.165, 1.54) is 65.8 Å². The van der Waals surface area contributed by atoms with Crippen LogP contribution in [0.2, 0.25) is 0 Å². The van der Waals surface area contributed by atoms with Crippen LogP contribution in [-0.4, -0.2) is 5.25 Å². The number of allylic oxidation sites excluding steroid dienone is 7. The summed E-state index contributed by atoms with van der Waals surface area (Å²) in [6, 6.07) is 72.6. The second-order valence-corrected chi connectivity index (χ2v) is 19.5. The molecule has 0 fully saturated rings. The molecule has 0 spiro atoms. The van der Waals surface area contributed by atoms with Crippen molar-refractivity contribution >= 4 is 72.7 Å². The van der Waals surface area contributed by atoms with Gasteiger partial charge in [-0.05, 0) is 134 Å². The fraction of sp³-hybridized carbons (Fsp3) is 0.0625. The van der Waals surface area contributed by atoms with Gasteiger partial charge in [-0.25, -0.2) is 0 Å². The predicted octanol–water partition coefficient (Wildman–Crippen LogP) is 17.6. The first-order chi connectivity index (χ1) is 33.7. The van der Waals surface area contributed by atoms with Gasteiger partial charge in [0.05, 0.1) is 0 Å². The average Bonchev–Trinajstić information content (AvgIpc) is 4.10. The second-order valence-electron chi connectivity index (χ2n) is 18.3. The van der Waals surface area contributed by atoms with Gasteiger partial charge in [0.2, 0.25) is 0 Å². The standard InChI is InChI=1S/C64H43NO2S/c1-2-11-43-36-44(21-20-40(43)10-1)41-22-28-47(29-23-41)65(48-30-24-42(25-31-48)52-16-9-19-61-64(52)56-15-6-8-18-59(56)67-61)49-32-34-55-54-33-26-46(38-62(54)68-63(55)39-49)51-13-4-3-12-50(51)45-27-35-60-57(37-45)53-14-5-7-17-58(53)66-60/h1-36,38-39,54,57,62H,37H2. The summed E-state index contributed by atoms with van der Waals surface area (Å²) in [5, 5.41) is 5.08. The summed E-state index contributed by atoms with van der Waals surface area (Å²) in [6.45, 7) is 0. The monoisotopic (exact) mass is 889 g/mol. The first-order valence-corrected chi connectivity index (χ1v) is 24.4. The first kappa shape index (κ1) is 39.1. The summed E-state index contributed by atoms with van der Waals surface area (Å²) in [7, 11) is 0. The highest BCUT2D eigenvalue weighted by Gasteiger charge is 2.35. The fourth-order valence-corrected chi connectivity index (χ4v) is 12.5. The Morgan fingerprint density at radius 1 is 0.515 bits per heavy atom. The number of rotatable bonds is 7. The first-order valence-electron chi connectivity index (χ1n) is 23.5. The smallest absolute Gasteiger partial charge is 0.136 e. The van der Waals surface area contributed by atoms with Gasteiger partial charge in [0.15, 0.2) is 0 Å². The minimum atomic E-state index is 0.256. The molecule has 0 saturated carbocycles. The van der Waals surface area contributed by atoms with Crippen molar-refractivity contribution in [3.8, 4) is 28.0 Å². The van der Waals surface area contributed by atoms with Gasteiger partial charge in [-0.1, -0.05) is 164 Å². The molecule has 1 aromatic heterocycles. The number of nitrogens with zero attached hydrogens (tertiary/aromatic N) is 1. The molecule has 0 saturated heterocycles. The van der Waals surface area contributed by atoms with Gasteiger partial charge < -0.3 is 14.1 Å². The largest absolute Gasteiger partial charge is 0.461 e. The molecular formula is C64H43NO2S. The summed E-state index contributed by atoms with van der Waals surface area (Å²) in [5.74, 6) is 2.60. The normalized spacial score (nSPS) is 17.8. The molecule has 4 aliphatic rings. The van der Waals surface area contributed by atoms with Crippen LogP contribution in [0.5, 0.6) is 5.75 Å². The molecule has 14 rings (SSSR count). The van der Waals surface area contributed by atoms with E-state index in [1.54, 1.807) is 0 Å². The highest BCUT2D eigenvalue weighted by atomic mass is 32.2. The lowest BCUT2D eigenvalue weighted by atomic mass is 9.81. The highest BCUT2D eigenvalue weighted by Crippen LogP contribution is 2.53. The molecule has 3 atom stereocenters. The van der Waals surface area contributed by atoms with Crippen LogP contribution in [0.3, 0.4) is 0 Å². The number of hydrogen-bond donors (Lipinski definition) is 0. The van der Waals surface area contributed by atoms with E-state index < -0.39 is 0 Å². The number of ether oxygens (including phenoxy) is 1. The van der Waals surface area contributed by atoms with Crippen LogP contribution >= 0.6 is 11.8 Å². The Hall–Kier alpha value is -8.05. The highest BCUT2D eigenvalue weighted by molar-refractivity contribution is 8.00. The van der Waals surface area contributed by atoms with Crippen LogP contribution in [0.15, 0.2) is 246 Å². The third-order valence-electron chi connectivity index (χ3n) is 14.4. The summed E-state index contributed by atoms with van der Waals surface area (Å²) >= 11 is 1.99. The van der Waals surface area contributed by atoms with Crippen LogP contribution < -0.4 is 9.64 Å². The quantitative estimate of drug-likeness (QED) is 0.159. The molecule has 0 N–H and O–H groups in total. The maximum absolute atomic E-state index is 6.28. The minimum absolute atomic E-state index is 0.256. The van der Waals surface area contributed by atoms with Gasteiger partial charge >= 0.3 is 0 Å². The van der Waals surface area contributed by atoms with E-state index in [1.807, 2.05) is 23.9 Å². The van der Waals surface area contributed by atoms with Crippen molar-refractivity contribution in [2.24, 2.45) is 0 Å². The SMILES string of the molecule is C1=CC2c3ccc(N(c4ccc(-c5ccc6ccccc6c5)cc4)c4ccc(-c5cccc6oc7ccccc7c56)cc4)cc3SC2C=C1c1ccccc1C1=CC=C2Oc3ccccc3C2C1. The summed E-state index contributed by atoms with van der Waals surface area (Å²) in [6.07, 6.45) is 12.7. The average molecular weight is 890 g/mol. The van der Waals surface area contributed by atoms with E-state index >= 15 is 0 Å². The molecule has 0 radical (unpaired) electrons. The summed E-state index contributed by atoms with van der Waals surface area (Å²) < 4.78 is 12.5. The third kappa shape index (κ3) is 6.51. The van der Waals surface area contributed by atoms with E-state index in [2.05, 4.69) is 223 Å². The van der Waals surface area contributed by atoms with Gasteiger partial charge in [-0.2, -0.15) is 0 Å². The van der Waals surface area contributed by atoms with E-state index in [0.29, 0.717) is 11.2 Å². The fourth-order valence-electron chi connectivity index (χ4n) is 11.1. The molecule has 2 aliphatic heterocycles. The molecule has 3 nitrogen and oxygen atoms in total. The zero-order valence-electron chi connectivity index (χ0n) is 37.1. The van der Waals surface area contributed by atoms with Gasteiger partial charge in [0, 0.05) is 55.4 Å². The maximum Gasteiger partial charge on any atom is 0.136 e. The van der Waals surface area contributed by atoms with Crippen LogP contribution in [0.4, 0.5) is 17.1 Å². The van der Waals surface area contributed by atoms with Crippen molar-refractivity contribution in [3.05, 3.63) is 259 Å². The Bertz CT molecular complexity index is 3790. The van der Waals surface area contributed by atoms with Crippen LogP contribution in [0.1, 0.15) is 40.5 Å². The van der Waals surface area contributed by atoms with Crippen molar-refractivity contribution in [3.63, 3.8) is 0 Å². The van der Waals surface area contributed by atoms with Crippen molar-refractivity contribution in [1.29, 1.82) is 0 Å². The Balaban J connectivity index is 0.802.